The second kappa shape index (κ2) is 8.42. The van der Waals surface area contributed by atoms with Gasteiger partial charge in [-0.15, -0.1) is 0 Å². The van der Waals surface area contributed by atoms with Crippen LogP contribution in [0.3, 0.4) is 0 Å². The molecule has 33 heavy (non-hydrogen) atoms. The normalized spacial score (nSPS) is 25.3. The molecule has 5 atom stereocenters. The number of hydrogen-bond acceptors (Lipinski definition) is 12. The highest BCUT2D eigenvalue weighted by Gasteiger charge is 2.45. The van der Waals surface area contributed by atoms with E-state index in [9.17, 15) is 45.6 Å². The molecule has 0 amide bonds. The van der Waals surface area contributed by atoms with Crippen molar-refractivity contribution in [1.29, 1.82) is 0 Å². The molecule has 176 valence electrons. The van der Waals surface area contributed by atoms with Gasteiger partial charge in [-0.3, -0.25) is 4.79 Å². The van der Waals surface area contributed by atoms with Crippen molar-refractivity contribution in [2.75, 3.05) is 6.61 Å². The first-order valence-corrected chi connectivity index (χ1v) is 9.64. The van der Waals surface area contributed by atoms with E-state index in [0.717, 1.165) is 24.3 Å². The largest absolute Gasteiger partial charge is 0.508 e. The molecule has 1 fully saturated rings. The molecule has 2 aromatic carbocycles. The second-order valence-corrected chi connectivity index (χ2v) is 7.45. The predicted octanol–water partition coefficient (Wildman–Crippen LogP) is -0.539. The SMILES string of the molecule is O=c1c(O[C@H]2O[C@H](CO)[C@@H](O)[C@@H](O)[C@@H]2O)c(-c2ccc(O)c(O)c2)oc2cc(O)cc(O)c12. The van der Waals surface area contributed by atoms with Crippen LogP contribution in [-0.4, -0.2) is 78.2 Å². The molecule has 0 unspecified atom stereocenters. The molecule has 3 aromatic rings. The van der Waals surface area contributed by atoms with Gasteiger partial charge < -0.3 is 54.7 Å². The van der Waals surface area contributed by atoms with Gasteiger partial charge in [0, 0.05) is 17.7 Å². The predicted molar refractivity (Wildman–Crippen MR) is 109 cm³/mol. The summed E-state index contributed by atoms with van der Waals surface area (Å²) < 4.78 is 16.5. The first kappa shape index (κ1) is 22.6. The lowest BCUT2D eigenvalue weighted by molar-refractivity contribution is -0.277. The molecule has 0 aliphatic carbocycles. The van der Waals surface area contributed by atoms with Gasteiger partial charge in [0.1, 0.15) is 46.9 Å². The van der Waals surface area contributed by atoms with Crippen molar-refractivity contribution in [1.82, 2.24) is 0 Å². The van der Waals surface area contributed by atoms with E-state index in [2.05, 4.69) is 0 Å². The van der Waals surface area contributed by atoms with E-state index in [1.54, 1.807) is 0 Å². The highest BCUT2D eigenvalue weighted by atomic mass is 16.7. The molecule has 0 radical (unpaired) electrons. The van der Waals surface area contributed by atoms with Crippen LogP contribution in [0.25, 0.3) is 22.3 Å². The fourth-order valence-electron chi connectivity index (χ4n) is 3.51. The highest BCUT2D eigenvalue weighted by Crippen LogP contribution is 2.39. The average molecular weight is 464 g/mol. The van der Waals surface area contributed by atoms with Crippen LogP contribution in [0, 0.1) is 0 Å². The number of benzene rings is 2. The van der Waals surface area contributed by atoms with Gasteiger partial charge in [0.05, 0.1) is 6.61 Å². The summed E-state index contributed by atoms with van der Waals surface area (Å²) >= 11 is 0. The topological polar surface area (TPSA) is 211 Å². The van der Waals surface area contributed by atoms with Crippen LogP contribution in [0.15, 0.2) is 39.5 Å². The van der Waals surface area contributed by atoms with E-state index >= 15 is 0 Å². The summed E-state index contributed by atoms with van der Waals surface area (Å²) in [4.78, 5) is 13.2. The molecule has 1 saturated heterocycles. The maximum absolute atomic E-state index is 13.2. The smallest absolute Gasteiger partial charge is 0.239 e. The molecular formula is C21H20O12. The molecule has 0 spiro atoms. The summed E-state index contributed by atoms with van der Waals surface area (Å²) in [6.07, 6.45) is -8.40. The van der Waals surface area contributed by atoms with E-state index in [4.69, 9.17) is 13.9 Å². The van der Waals surface area contributed by atoms with Gasteiger partial charge in [-0.05, 0) is 18.2 Å². The Kier molecular flexibility index (Phi) is 5.78. The fourth-order valence-corrected chi connectivity index (χ4v) is 3.51. The van der Waals surface area contributed by atoms with E-state index in [1.165, 1.54) is 6.07 Å². The number of hydrogen-bond donors (Lipinski definition) is 8. The molecular weight excluding hydrogens is 444 g/mol. The van der Waals surface area contributed by atoms with Crippen LogP contribution in [0.4, 0.5) is 0 Å². The van der Waals surface area contributed by atoms with Gasteiger partial charge in [-0.25, -0.2) is 0 Å². The van der Waals surface area contributed by atoms with Crippen molar-refractivity contribution >= 4 is 11.0 Å². The van der Waals surface area contributed by atoms with Crippen LogP contribution < -0.4 is 10.2 Å². The van der Waals surface area contributed by atoms with Crippen LogP contribution >= 0.6 is 0 Å². The monoisotopic (exact) mass is 464 g/mol. The lowest BCUT2D eigenvalue weighted by atomic mass is 9.99. The minimum absolute atomic E-state index is 0.0201. The molecule has 1 aromatic heterocycles. The Balaban J connectivity index is 1.91. The Morgan fingerprint density at radius 2 is 1.61 bits per heavy atom. The number of rotatable bonds is 4. The molecule has 4 rings (SSSR count). The molecule has 2 heterocycles. The number of phenolic OH excluding ortho intramolecular Hbond substituents is 4. The zero-order valence-electron chi connectivity index (χ0n) is 16.7. The third-order valence-electron chi connectivity index (χ3n) is 5.24. The molecule has 1 aliphatic heterocycles. The van der Waals surface area contributed by atoms with E-state index in [1.807, 2.05) is 0 Å². The first-order valence-electron chi connectivity index (χ1n) is 9.64. The second-order valence-electron chi connectivity index (χ2n) is 7.45. The van der Waals surface area contributed by atoms with Crippen molar-refractivity contribution in [2.24, 2.45) is 0 Å². The number of fused-ring (bicyclic) bond motifs is 1. The van der Waals surface area contributed by atoms with E-state index in [-0.39, 0.29) is 22.3 Å². The summed E-state index contributed by atoms with van der Waals surface area (Å²) in [7, 11) is 0. The molecule has 0 bridgehead atoms. The molecule has 1 aliphatic rings. The Morgan fingerprint density at radius 3 is 2.27 bits per heavy atom. The van der Waals surface area contributed by atoms with Crippen molar-refractivity contribution < 1.29 is 54.7 Å². The van der Waals surface area contributed by atoms with Crippen LogP contribution in [-0.2, 0) is 4.74 Å². The number of aliphatic hydroxyl groups is 4. The summed E-state index contributed by atoms with van der Waals surface area (Å²) in [5.74, 6) is -3.05. The van der Waals surface area contributed by atoms with Gasteiger partial charge >= 0.3 is 0 Å². The van der Waals surface area contributed by atoms with Gasteiger partial charge in [-0.1, -0.05) is 0 Å². The van der Waals surface area contributed by atoms with Gasteiger partial charge in [0.15, 0.2) is 17.3 Å². The zero-order valence-corrected chi connectivity index (χ0v) is 16.7. The van der Waals surface area contributed by atoms with E-state index < -0.39 is 71.5 Å². The van der Waals surface area contributed by atoms with Gasteiger partial charge in [0.2, 0.25) is 17.5 Å². The fraction of sp³-hybridized carbons (Fsp3) is 0.286. The number of aliphatic hydroxyl groups excluding tert-OH is 4. The van der Waals surface area contributed by atoms with Gasteiger partial charge in [-0.2, -0.15) is 0 Å². The molecule has 12 nitrogen and oxygen atoms in total. The van der Waals surface area contributed by atoms with Crippen LogP contribution in [0.1, 0.15) is 0 Å². The summed E-state index contributed by atoms with van der Waals surface area (Å²) in [5.41, 5.74) is -1.19. The van der Waals surface area contributed by atoms with Crippen molar-refractivity contribution in [3.05, 3.63) is 40.6 Å². The first-order chi connectivity index (χ1) is 15.6. The average Bonchev–Trinajstić information content (AvgIpc) is 2.76. The number of phenols is 4. The maximum atomic E-state index is 13.2. The Bertz CT molecular complexity index is 1250. The summed E-state index contributed by atoms with van der Waals surface area (Å²) in [6, 6.07) is 5.36. The quantitative estimate of drug-likeness (QED) is 0.229. The van der Waals surface area contributed by atoms with E-state index in [0.29, 0.717) is 0 Å². The maximum Gasteiger partial charge on any atom is 0.239 e. The van der Waals surface area contributed by atoms with Crippen molar-refractivity contribution in [2.45, 2.75) is 30.7 Å². The zero-order chi connectivity index (χ0) is 24.0. The van der Waals surface area contributed by atoms with Crippen LogP contribution in [0.5, 0.6) is 28.7 Å². The molecule has 0 saturated carbocycles. The summed E-state index contributed by atoms with van der Waals surface area (Å²) in [6.45, 7) is -0.740. The molecule has 8 N–H and O–H groups in total. The number of ether oxygens (including phenoxy) is 2. The van der Waals surface area contributed by atoms with Gasteiger partial charge in [0.25, 0.3) is 0 Å². The lowest BCUT2D eigenvalue weighted by Gasteiger charge is -2.39. The number of aromatic hydroxyl groups is 4. The minimum Gasteiger partial charge on any atom is -0.508 e. The summed E-state index contributed by atoms with van der Waals surface area (Å²) in [5, 5.41) is 78.7. The lowest BCUT2D eigenvalue weighted by Crippen LogP contribution is -2.60. The Hall–Kier alpha value is -3.55. The standard InChI is InChI=1S/C21H20O12/c22-6-13-15(27)17(29)18(30)21(32-13)33-20-16(28)14-11(26)4-8(23)5-12(14)31-19(20)7-1-2-9(24)10(25)3-7/h1-5,13,15,17-18,21-27,29-30H,6H2/t13-,15-,17-,18+,21-/m1/s1. The van der Waals surface area contributed by atoms with Crippen molar-refractivity contribution in [3.8, 4) is 40.1 Å². The van der Waals surface area contributed by atoms with Crippen LogP contribution in [0.2, 0.25) is 0 Å². The third kappa shape index (κ3) is 3.90. The highest BCUT2D eigenvalue weighted by molar-refractivity contribution is 5.88. The third-order valence-corrected chi connectivity index (χ3v) is 5.24. The minimum atomic E-state index is -1.85. The van der Waals surface area contributed by atoms with Crippen molar-refractivity contribution in [3.63, 3.8) is 0 Å². The Morgan fingerprint density at radius 1 is 0.879 bits per heavy atom. The Labute approximate surface area is 184 Å². The molecule has 12 heteroatoms.